The molecule has 142 valence electrons. The summed E-state index contributed by atoms with van der Waals surface area (Å²) in [7, 11) is 0. The molecule has 2 N–H and O–H groups in total. The fourth-order valence-corrected chi connectivity index (χ4v) is 4.14. The van der Waals surface area contributed by atoms with E-state index in [4.69, 9.17) is 0 Å². The number of nitrogens with one attached hydrogen (secondary N) is 1. The highest BCUT2D eigenvalue weighted by molar-refractivity contribution is 5.88. The molecule has 0 radical (unpaired) electrons. The van der Waals surface area contributed by atoms with Gasteiger partial charge in [0.1, 0.15) is 0 Å². The lowest BCUT2D eigenvalue weighted by molar-refractivity contribution is -0.144. The summed E-state index contributed by atoms with van der Waals surface area (Å²) in [6, 6.07) is 8.56. The number of likely N-dealkylation sites (tertiary alicyclic amines) is 2. The van der Waals surface area contributed by atoms with Crippen molar-refractivity contribution < 1.29 is 14.7 Å². The minimum absolute atomic E-state index is 0.0531. The van der Waals surface area contributed by atoms with Crippen LogP contribution in [0.3, 0.4) is 0 Å². The third-order valence-corrected chi connectivity index (χ3v) is 5.56. The van der Waals surface area contributed by atoms with Gasteiger partial charge in [-0.05, 0) is 63.0 Å². The maximum absolute atomic E-state index is 11.3. The van der Waals surface area contributed by atoms with E-state index in [-0.39, 0.29) is 11.8 Å². The lowest BCUT2D eigenvalue weighted by atomic mass is 9.94. The summed E-state index contributed by atoms with van der Waals surface area (Å²) < 4.78 is 0. The Labute approximate surface area is 155 Å². The molecule has 1 aromatic rings. The first-order valence-corrected chi connectivity index (χ1v) is 9.57. The molecular weight excluding hydrogens is 330 g/mol. The minimum Gasteiger partial charge on any atom is -0.481 e. The summed E-state index contributed by atoms with van der Waals surface area (Å²) >= 11 is 0. The molecule has 6 nitrogen and oxygen atoms in total. The Morgan fingerprint density at radius 2 is 1.81 bits per heavy atom. The molecule has 0 aromatic heterocycles. The topological polar surface area (TPSA) is 72.9 Å². The van der Waals surface area contributed by atoms with Crippen LogP contribution in [0, 0.1) is 5.92 Å². The van der Waals surface area contributed by atoms with Gasteiger partial charge in [0, 0.05) is 31.7 Å². The van der Waals surface area contributed by atoms with E-state index in [2.05, 4.69) is 27.2 Å². The van der Waals surface area contributed by atoms with Gasteiger partial charge in [0.25, 0.3) is 0 Å². The van der Waals surface area contributed by atoms with E-state index in [1.54, 1.807) is 0 Å². The second-order valence-corrected chi connectivity index (χ2v) is 7.56. The summed E-state index contributed by atoms with van der Waals surface area (Å²) in [4.78, 5) is 27.2. The van der Waals surface area contributed by atoms with E-state index < -0.39 is 5.97 Å². The van der Waals surface area contributed by atoms with Crippen molar-refractivity contribution in [1.29, 1.82) is 0 Å². The van der Waals surface area contributed by atoms with Crippen LogP contribution in [0.25, 0.3) is 0 Å². The summed E-state index contributed by atoms with van der Waals surface area (Å²) in [5.74, 6) is -0.888. The SMILES string of the molecule is CC(=O)Nc1ccc(CN2CCC(N3CCC[C@@H](C(=O)O)C3)CC2)cc1. The summed E-state index contributed by atoms with van der Waals surface area (Å²) in [5, 5.41) is 12.1. The third-order valence-electron chi connectivity index (χ3n) is 5.56. The fraction of sp³-hybridized carbons (Fsp3) is 0.600. The lowest BCUT2D eigenvalue weighted by Gasteiger charge is -2.41. The van der Waals surface area contributed by atoms with Gasteiger partial charge >= 0.3 is 5.97 Å². The van der Waals surface area contributed by atoms with Crippen LogP contribution in [0.1, 0.15) is 38.2 Å². The van der Waals surface area contributed by atoms with Crippen molar-refractivity contribution >= 4 is 17.6 Å². The zero-order valence-corrected chi connectivity index (χ0v) is 15.5. The Hall–Kier alpha value is -1.92. The number of rotatable bonds is 5. The first kappa shape index (κ1) is 18.9. The van der Waals surface area contributed by atoms with Crippen LogP contribution in [0.15, 0.2) is 24.3 Å². The van der Waals surface area contributed by atoms with Crippen molar-refractivity contribution in [2.45, 2.75) is 45.2 Å². The number of carbonyl (C=O) groups is 2. The number of piperidine rings is 2. The predicted molar refractivity (Wildman–Crippen MR) is 101 cm³/mol. The van der Waals surface area contributed by atoms with Crippen LogP contribution >= 0.6 is 0 Å². The van der Waals surface area contributed by atoms with Crippen molar-refractivity contribution in [1.82, 2.24) is 9.80 Å². The number of benzene rings is 1. The Kier molecular flexibility index (Phi) is 6.27. The maximum atomic E-state index is 11.3. The van der Waals surface area contributed by atoms with Crippen molar-refractivity contribution in [2.75, 3.05) is 31.5 Å². The van der Waals surface area contributed by atoms with Crippen LogP contribution in [-0.2, 0) is 16.1 Å². The number of aliphatic carboxylic acids is 1. The zero-order valence-electron chi connectivity index (χ0n) is 15.5. The maximum Gasteiger partial charge on any atom is 0.307 e. The smallest absolute Gasteiger partial charge is 0.307 e. The van der Waals surface area contributed by atoms with E-state index in [1.807, 2.05) is 12.1 Å². The number of carbonyl (C=O) groups excluding carboxylic acids is 1. The number of hydrogen-bond donors (Lipinski definition) is 2. The van der Waals surface area contributed by atoms with Crippen LogP contribution in [0.5, 0.6) is 0 Å². The largest absolute Gasteiger partial charge is 0.481 e. The zero-order chi connectivity index (χ0) is 18.5. The first-order chi connectivity index (χ1) is 12.5. The molecule has 0 bridgehead atoms. The van der Waals surface area contributed by atoms with Gasteiger partial charge in [-0.15, -0.1) is 0 Å². The monoisotopic (exact) mass is 359 g/mol. The average molecular weight is 359 g/mol. The Balaban J connectivity index is 1.46. The molecule has 1 aromatic carbocycles. The average Bonchev–Trinajstić information content (AvgIpc) is 2.64. The molecule has 26 heavy (non-hydrogen) atoms. The highest BCUT2D eigenvalue weighted by Gasteiger charge is 2.31. The number of carboxylic acids is 1. The highest BCUT2D eigenvalue weighted by atomic mass is 16.4. The molecule has 3 rings (SSSR count). The van der Waals surface area contributed by atoms with Gasteiger partial charge in [0.15, 0.2) is 0 Å². The molecule has 2 aliphatic rings. The molecule has 2 heterocycles. The molecule has 6 heteroatoms. The van der Waals surface area contributed by atoms with E-state index in [1.165, 1.54) is 12.5 Å². The van der Waals surface area contributed by atoms with Crippen molar-refractivity contribution in [3.63, 3.8) is 0 Å². The number of carboxylic acid groups (broad SMARTS) is 1. The van der Waals surface area contributed by atoms with E-state index in [0.717, 1.165) is 57.5 Å². The van der Waals surface area contributed by atoms with Crippen LogP contribution < -0.4 is 5.32 Å². The van der Waals surface area contributed by atoms with Crippen molar-refractivity contribution in [3.05, 3.63) is 29.8 Å². The Morgan fingerprint density at radius 3 is 2.42 bits per heavy atom. The van der Waals surface area contributed by atoms with Crippen LogP contribution in [-0.4, -0.2) is 59.0 Å². The third kappa shape index (κ3) is 5.05. The molecule has 0 aliphatic carbocycles. The summed E-state index contributed by atoms with van der Waals surface area (Å²) in [6.45, 7) is 6.28. The second kappa shape index (κ2) is 8.64. The predicted octanol–water partition coefficient (Wildman–Crippen LogP) is 2.41. The van der Waals surface area contributed by atoms with E-state index in [9.17, 15) is 14.7 Å². The lowest BCUT2D eigenvalue weighted by Crippen LogP contribution is -2.49. The molecule has 0 spiro atoms. The molecular formula is C20H29N3O3. The van der Waals surface area contributed by atoms with Gasteiger partial charge < -0.3 is 10.4 Å². The molecule has 0 unspecified atom stereocenters. The van der Waals surface area contributed by atoms with Gasteiger partial charge in [-0.2, -0.15) is 0 Å². The molecule has 2 aliphatic heterocycles. The number of amides is 1. The molecule has 0 saturated carbocycles. The minimum atomic E-state index is -0.644. The fourth-order valence-electron chi connectivity index (χ4n) is 4.14. The van der Waals surface area contributed by atoms with Crippen LogP contribution in [0.4, 0.5) is 5.69 Å². The normalized spacial score (nSPS) is 22.9. The number of nitrogens with zero attached hydrogens (tertiary/aromatic N) is 2. The molecule has 1 amide bonds. The van der Waals surface area contributed by atoms with Gasteiger partial charge in [0.2, 0.25) is 5.91 Å². The Morgan fingerprint density at radius 1 is 1.12 bits per heavy atom. The Bertz CT molecular complexity index is 624. The summed E-state index contributed by atoms with van der Waals surface area (Å²) in [5.41, 5.74) is 2.08. The van der Waals surface area contributed by atoms with Gasteiger partial charge in [-0.3, -0.25) is 19.4 Å². The van der Waals surface area contributed by atoms with Crippen LogP contribution in [0.2, 0.25) is 0 Å². The van der Waals surface area contributed by atoms with Gasteiger partial charge in [-0.25, -0.2) is 0 Å². The number of hydrogen-bond acceptors (Lipinski definition) is 4. The molecule has 2 fully saturated rings. The quantitative estimate of drug-likeness (QED) is 0.845. The van der Waals surface area contributed by atoms with Crippen molar-refractivity contribution in [3.8, 4) is 0 Å². The number of anilines is 1. The molecule has 1 atom stereocenters. The van der Waals surface area contributed by atoms with E-state index in [0.29, 0.717) is 12.6 Å². The molecule has 2 saturated heterocycles. The van der Waals surface area contributed by atoms with Gasteiger partial charge in [-0.1, -0.05) is 12.1 Å². The van der Waals surface area contributed by atoms with Gasteiger partial charge in [0.05, 0.1) is 5.92 Å². The van der Waals surface area contributed by atoms with E-state index >= 15 is 0 Å². The highest BCUT2D eigenvalue weighted by Crippen LogP contribution is 2.25. The first-order valence-electron chi connectivity index (χ1n) is 9.57. The standard InChI is InChI=1S/C20H29N3O3/c1-15(24)21-18-6-4-16(5-7-18)13-22-11-8-19(9-12-22)23-10-2-3-17(14-23)20(25)26/h4-7,17,19H,2-3,8-14H2,1H3,(H,21,24)(H,25,26)/t17-/m1/s1. The van der Waals surface area contributed by atoms with Crippen molar-refractivity contribution in [2.24, 2.45) is 5.92 Å². The second-order valence-electron chi connectivity index (χ2n) is 7.56. The summed E-state index contributed by atoms with van der Waals surface area (Å²) in [6.07, 6.45) is 4.03.